The molecule has 4 aliphatic rings. The monoisotopic (exact) mass is 394 g/mol. The van der Waals surface area contributed by atoms with Gasteiger partial charge in [0.05, 0.1) is 17.6 Å². The molecule has 1 spiro atoms. The van der Waals surface area contributed by atoms with Crippen LogP contribution in [0.2, 0.25) is 0 Å². The van der Waals surface area contributed by atoms with E-state index in [0.717, 1.165) is 12.8 Å². The molecule has 0 unspecified atom stereocenters. The summed E-state index contributed by atoms with van der Waals surface area (Å²) in [6.07, 6.45) is 0.874. The molecule has 0 aliphatic heterocycles. The molecule has 4 fully saturated rings. The Morgan fingerprint density at radius 2 is 1.89 bits per heavy atom. The van der Waals surface area contributed by atoms with Crippen molar-refractivity contribution in [2.45, 2.75) is 78.1 Å². The maximum atomic E-state index is 13.5. The third-order valence-corrected chi connectivity index (χ3v) is 9.11. The van der Waals surface area contributed by atoms with E-state index in [1.54, 1.807) is 0 Å². The van der Waals surface area contributed by atoms with Crippen LogP contribution in [-0.2, 0) is 14.3 Å². The lowest BCUT2D eigenvalue weighted by Gasteiger charge is -2.66. The van der Waals surface area contributed by atoms with Crippen LogP contribution in [0.1, 0.15) is 59.8 Å². The summed E-state index contributed by atoms with van der Waals surface area (Å²) in [7, 11) is 0. The van der Waals surface area contributed by atoms with Gasteiger partial charge in [0.1, 0.15) is 11.9 Å². The molecule has 6 nitrogen and oxygen atoms in total. The zero-order valence-electron chi connectivity index (χ0n) is 17.4. The van der Waals surface area contributed by atoms with Crippen molar-refractivity contribution < 1.29 is 29.6 Å². The van der Waals surface area contributed by atoms with E-state index in [2.05, 4.69) is 13.8 Å². The highest BCUT2D eigenvalue weighted by Crippen LogP contribution is 2.71. The summed E-state index contributed by atoms with van der Waals surface area (Å²) < 4.78 is 5.75. The molecule has 4 rings (SSSR count). The number of carbonyl (C=O) groups is 2. The van der Waals surface area contributed by atoms with E-state index < -0.39 is 46.9 Å². The zero-order chi connectivity index (χ0) is 20.6. The summed E-state index contributed by atoms with van der Waals surface area (Å²) >= 11 is 0. The molecular weight excluding hydrogens is 360 g/mol. The minimum absolute atomic E-state index is 0.00473. The van der Waals surface area contributed by atoms with E-state index in [9.17, 15) is 24.9 Å². The van der Waals surface area contributed by atoms with Crippen LogP contribution < -0.4 is 0 Å². The van der Waals surface area contributed by atoms with Gasteiger partial charge in [0.2, 0.25) is 0 Å². The molecule has 4 saturated carbocycles. The van der Waals surface area contributed by atoms with Crippen molar-refractivity contribution in [3.05, 3.63) is 0 Å². The Labute approximate surface area is 166 Å². The smallest absolute Gasteiger partial charge is 0.302 e. The number of esters is 1. The second kappa shape index (κ2) is 6.26. The fourth-order valence-electron chi connectivity index (χ4n) is 8.12. The third-order valence-electron chi connectivity index (χ3n) is 9.11. The van der Waals surface area contributed by atoms with Crippen LogP contribution in [0.25, 0.3) is 0 Å². The molecule has 0 heterocycles. The number of ether oxygens (including phenoxy) is 1. The summed E-state index contributed by atoms with van der Waals surface area (Å²) in [6.45, 7) is 7.37. The average molecular weight is 395 g/mol. The van der Waals surface area contributed by atoms with E-state index >= 15 is 0 Å². The summed E-state index contributed by atoms with van der Waals surface area (Å²) in [5.74, 6) is -1.83. The molecule has 6 heteroatoms. The molecule has 0 aromatic rings. The van der Waals surface area contributed by atoms with E-state index in [1.807, 2.05) is 6.92 Å². The van der Waals surface area contributed by atoms with Gasteiger partial charge < -0.3 is 20.1 Å². The molecule has 0 saturated heterocycles. The summed E-state index contributed by atoms with van der Waals surface area (Å²) in [5, 5.41) is 33.4. The molecule has 28 heavy (non-hydrogen) atoms. The third kappa shape index (κ3) is 2.25. The molecule has 0 radical (unpaired) electrons. The quantitative estimate of drug-likeness (QED) is 0.616. The van der Waals surface area contributed by atoms with Crippen LogP contribution in [0.4, 0.5) is 0 Å². The van der Waals surface area contributed by atoms with Gasteiger partial charge in [-0.05, 0) is 42.9 Å². The highest BCUT2D eigenvalue weighted by Gasteiger charge is 2.77. The second-order valence-electron chi connectivity index (χ2n) is 10.6. The normalized spacial score (nSPS) is 52.0. The van der Waals surface area contributed by atoms with Crippen LogP contribution in [0.15, 0.2) is 0 Å². The molecule has 0 amide bonds. The van der Waals surface area contributed by atoms with E-state index in [-0.39, 0.29) is 29.6 Å². The Morgan fingerprint density at radius 3 is 2.50 bits per heavy atom. The maximum absolute atomic E-state index is 13.5. The van der Waals surface area contributed by atoms with Crippen LogP contribution in [0.3, 0.4) is 0 Å². The Kier molecular flexibility index (Phi) is 4.54. The number of hydrogen-bond donors (Lipinski definition) is 3. The van der Waals surface area contributed by atoms with Crippen molar-refractivity contribution in [2.24, 2.45) is 39.9 Å². The van der Waals surface area contributed by atoms with Crippen LogP contribution in [0, 0.1) is 39.9 Å². The van der Waals surface area contributed by atoms with Crippen molar-refractivity contribution >= 4 is 11.8 Å². The molecule has 158 valence electrons. The van der Waals surface area contributed by atoms with Gasteiger partial charge in [0.15, 0.2) is 0 Å². The molecule has 0 aromatic heterocycles. The molecule has 0 aromatic carbocycles. The number of aliphatic hydroxyl groups excluding tert-OH is 3. The number of ketones is 1. The lowest BCUT2D eigenvalue weighted by Crippen LogP contribution is -2.72. The maximum Gasteiger partial charge on any atom is 0.302 e. The van der Waals surface area contributed by atoms with Gasteiger partial charge in [-0.25, -0.2) is 0 Å². The number of aliphatic hydroxyl groups is 3. The largest absolute Gasteiger partial charge is 0.462 e. The Balaban J connectivity index is 1.94. The van der Waals surface area contributed by atoms with Crippen molar-refractivity contribution in [3.63, 3.8) is 0 Å². The first-order chi connectivity index (χ1) is 13.0. The SMILES string of the molecule is CC(=O)O[C@H]1C[C@@H]2[C@@H](O)[C@]3(C(=O)[C@@H]2C)[C@H](O)C[C@@H]2C(C)(C)CCC[C@@]2(CO)[C@@H]13. The first-order valence-electron chi connectivity index (χ1n) is 10.7. The lowest BCUT2D eigenvalue weighted by molar-refractivity contribution is -0.266. The zero-order valence-corrected chi connectivity index (χ0v) is 17.4. The van der Waals surface area contributed by atoms with Gasteiger partial charge in [0.25, 0.3) is 0 Å². The number of rotatable bonds is 2. The minimum Gasteiger partial charge on any atom is -0.462 e. The molecule has 9 atom stereocenters. The van der Waals surface area contributed by atoms with Gasteiger partial charge in [-0.2, -0.15) is 0 Å². The van der Waals surface area contributed by atoms with Crippen molar-refractivity contribution in [1.82, 2.24) is 0 Å². The van der Waals surface area contributed by atoms with Gasteiger partial charge in [-0.15, -0.1) is 0 Å². The van der Waals surface area contributed by atoms with E-state index in [0.29, 0.717) is 19.3 Å². The fraction of sp³-hybridized carbons (Fsp3) is 0.909. The van der Waals surface area contributed by atoms with Crippen LogP contribution in [0.5, 0.6) is 0 Å². The number of hydrogen-bond acceptors (Lipinski definition) is 6. The number of fused-ring (bicyclic) bond motifs is 3. The van der Waals surface area contributed by atoms with Gasteiger partial charge >= 0.3 is 5.97 Å². The Bertz CT molecular complexity index is 689. The molecule has 3 N–H and O–H groups in total. The minimum atomic E-state index is -1.35. The first-order valence-corrected chi connectivity index (χ1v) is 10.7. The summed E-state index contributed by atoms with van der Waals surface area (Å²) in [4.78, 5) is 25.5. The lowest BCUT2D eigenvalue weighted by atomic mass is 9.39. The van der Waals surface area contributed by atoms with E-state index in [1.165, 1.54) is 6.92 Å². The number of Topliss-reactive ketones (excluding diaryl/α,β-unsaturated/α-hetero) is 1. The Hall–Kier alpha value is -0.980. The molecule has 4 aliphatic carbocycles. The van der Waals surface area contributed by atoms with Gasteiger partial charge in [0, 0.05) is 30.8 Å². The van der Waals surface area contributed by atoms with Crippen molar-refractivity contribution in [3.8, 4) is 0 Å². The van der Waals surface area contributed by atoms with Gasteiger partial charge in [-0.1, -0.05) is 27.2 Å². The summed E-state index contributed by atoms with van der Waals surface area (Å²) in [6, 6.07) is 0. The standard InChI is InChI=1S/C22H34O6/c1-11-13-8-14(28-12(2)24)17-21(10-23)7-5-6-20(3,4)15(21)9-16(25)22(17,18(11)26)19(13)27/h11,13-17,19,23,25,27H,5-10H2,1-4H3/t11-,13+,14+,15-,16-,17-,19-,21+,22-/m1/s1. The van der Waals surface area contributed by atoms with Gasteiger partial charge in [-0.3, -0.25) is 9.59 Å². The van der Waals surface area contributed by atoms with Crippen molar-refractivity contribution in [2.75, 3.05) is 6.61 Å². The van der Waals surface area contributed by atoms with Crippen molar-refractivity contribution in [1.29, 1.82) is 0 Å². The first kappa shape index (κ1) is 20.3. The second-order valence-corrected chi connectivity index (χ2v) is 10.6. The number of carbonyl (C=O) groups excluding carboxylic acids is 2. The topological polar surface area (TPSA) is 104 Å². The Morgan fingerprint density at radius 1 is 1.21 bits per heavy atom. The van der Waals surface area contributed by atoms with Crippen LogP contribution in [-0.4, -0.2) is 52.0 Å². The highest BCUT2D eigenvalue weighted by molar-refractivity contribution is 5.92. The average Bonchev–Trinajstić information content (AvgIpc) is 2.73. The van der Waals surface area contributed by atoms with E-state index in [4.69, 9.17) is 4.74 Å². The molecular formula is C22H34O6. The summed E-state index contributed by atoms with van der Waals surface area (Å²) in [5.41, 5.74) is -2.11. The fourth-order valence-corrected chi connectivity index (χ4v) is 8.12. The molecule has 2 bridgehead atoms. The highest BCUT2D eigenvalue weighted by atomic mass is 16.5. The predicted molar refractivity (Wildman–Crippen MR) is 101 cm³/mol. The predicted octanol–water partition coefficient (Wildman–Crippen LogP) is 1.69. The van der Waals surface area contributed by atoms with Crippen LogP contribution >= 0.6 is 0 Å².